The van der Waals surface area contributed by atoms with Crippen LogP contribution in [0.5, 0.6) is 0 Å². The van der Waals surface area contributed by atoms with Crippen molar-refractivity contribution in [3.8, 4) is 0 Å². The van der Waals surface area contributed by atoms with E-state index in [1.807, 2.05) is 26.0 Å². The van der Waals surface area contributed by atoms with Crippen LogP contribution in [0.25, 0.3) is 0 Å². The molecule has 2 aliphatic rings. The fourth-order valence-electron chi connectivity index (χ4n) is 2.77. The first-order valence-electron chi connectivity index (χ1n) is 6.03. The monoisotopic (exact) mass is 245 g/mol. The molecule has 2 aliphatic heterocycles. The van der Waals surface area contributed by atoms with Gasteiger partial charge in [0.05, 0.1) is 0 Å². The quantitative estimate of drug-likeness (QED) is 0.601. The van der Waals surface area contributed by atoms with Crippen LogP contribution in [0.4, 0.5) is 10.5 Å². The van der Waals surface area contributed by atoms with Crippen LogP contribution in [-0.4, -0.2) is 18.5 Å². The van der Waals surface area contributed by atoms with Crippen LogP contribution in [-0.2, 0) is 10.3 Å². The molecule has 5 nitrogen and oxygen atoms in total. The summed E-state index contributed by atoms with van der Waals surface area (Å²) < 4.78 is 0. The number of nitrogens with one attached hydrogen (secondary N) is 3. The zero-order valence-electron chi connectivity index (χ0n) is 10.4. The summed E-state index contributed by atoms with van der Waals surface area (Å²) in [5, 5.41) is 8.44. The van der Waals surface area contributed by atoms with Gasteiger partial charge in [0.2, 0.25) is 0 Å². The summed E-state index contributed by atoms with van der Waals surface area (Å²) >= 11 is 0. The van der Waals surface area contributed by atoms with E-state index in [-0.39, 0.29) is 5.91 Å². The lowest BCUT2D eigenvalue weighted by atomic mass is 9.81. The fraction of sp³-hybridized carbons (Fsp3) is 0.385. The van der Waals surface area contributed by atoms with Crippen LogP contribution in [0, 0.1) is 13.8 Å². The molecule has 1 fully saturated rings. The molecule has 1 atom stereocenters. The number of urea groups is 1. The van der Waals surface area contributed by atoms with Gasteiger partial charge >= 0.3 is 6.03 Å². The SMILES string of the molecule is Cc1ccc2c(c1C)NCCC21NC(=O)NC1=O. The molecular formula is C13H15N3O2. The molecule has 3 rings (SSSR count). The molecule has 0 radical (unpaired) electrons. The van der Waals surface area contributed by atoms with E-state index in [9.17, 15) is 9.59 Å². The highest BCUT2D eigenvalue weighted by atomic mass is 16.2. The number of imide groups is 1. The van der Waals surface area contributed by atoms with Gasteiger partial charge in [0, 0.05) is 24.2 Å². The second kappa shape index (κ2) is 3.48. The van der Waals surface area contributed by atoms with Gasteiger partial charge in [-0.2, -0.15) is 0 Å². The van der Waals surface area contributed by atoms with E-state index in [1.54, 1.807) is 0 Å². The van der Waals surface area contributed by atoms with Gasteiger partial charge in [0.25, 0.3) is 5.91 Å². The van der Waals surface area contributed by atoms with Crippen LogP contribution in [0.2, 0.25) is 0 Å². The Morgan fingerprint density at radius 2 is 2.00 bits per heavy atom. The van der Waals surface area contributed by atoms with Crippen molar-refractivity contribution in [3.63, 3.8) is 0 Å². The molecule has 3 N–H and O–H groups in total. The molecule has 0 bridgehead atoms. The topological polar surface area (TPSA) is 70.2 Å². The summed E-state index contributed by atoms with van der Waals surface area (Å²) in [6.45, 7) is 4.73. The van der Waals surface area contributed by atoms with Gasteiger partial charge in [0.15, 0.2) is 0 Å². The second-order valence-electron chi connectivity index (χ2n) is 4.92. The minimum absolute atomic E-state index is 0.251. The molecule has 1 unspecified atom stereocenters. The lowest BCUT2D eigenvalue weighted by Crippen LogP contribution is -2.48. The molecule has 18 heavy (non-hydrogen) atoms. The van der Waals surface area contributed by atoms with E-state index < -0.39 is 11.6 Å². The van der Waals surface area contributed by atoms with Crippen molar-refractivity contribution in [2.75, 3.05) is 11.9 Å². The number of benzene rings is 1. The third-order valence-electron chi connectivity index (χ3n) is 3.94. The summed E-state index contributed by atoms with van der Waals surface area (Å²) in [6.07, 6.45) is 0.570. The number of aryl methyl sites for hydroxylation is 1. The maximum absolute atomic E-state index is 12.1. The summed E-state index contributed by atoms with van der Waals surface area (Å²) in [5.41, 5.74) is 3.23. The van der Waals surface area contributed by atoms with Gasteiger partial charge < -0.3 is 10.6 Å². The Kier molecular flexibility index (Phi) is 2.14. The lowest BCUT2D eigenvalue weighted by molar-refractivity contribution is -0.124. The molecule has 1 aromatic rings. The smallest absolute Gasteiger partial charge is 0.322 e. The van der Waals surface area contributed by atoms with E-state index in [2.05, 4.69) is 16.0 Å². The predicted octanol–water partition coefficient (Wildman–Crippen LogP) is 1.15. The number of hydrogen-bond acceptors (Lipinski definition) is 3. The van der Waals surface area contributed by atoms with E-state index >= 15 is 0 Å². The van der Waals surface area contributed by atoms with Crippen LogP contribution < -0.4 is 16.0 Å². The van der Waals surface area contributed by atoms with Crippen LogP contribution in [0.1, 0.15) is 23.1 Å². The Balaban J connectivity index is 2.22. The molecule has 2 heterocycles. The Bertz CT molecular complexity index is 568. The first-order valence-corrected chi connectivity index (χ1v) is 6.03. The molecule has 0 saturated carbocycles. The van der Waals surface area contributed by atoms with Gasteiger partial charge in [-0.15, -0.1) is 0 Å². The van der Waals surface area contributed by atoms with Gasteiger partial charge in [-0.05, 0) is 25.0 Å². The summed E-state index contributed by atoms with van der Waals surface area (Å²) in [4.78, 5) is 23.5. The molecule has 1 saturated heterocycles. The molecule has 1 spiro atoms. The summed E-state index contributed by atoms with van der Waals surface area (Å²) in [6, 6.07) is 3.50. The Morgan fingerprint density at radius 1 is 1.22 bits per heavy atom. The van der Waals surface area contributed by atoms with Gasteiger partial charge in [0.1, 0.15) is 5.54 Å². The zero-order chi connectivity index (χ0) is 12.9. The van der Waals surface area contributed by atoms with Crippen molar-refractivity contribution < 1.29 is 9.59 Å². The number of carbonyl (C=O) groups is 2. The molecule has 1 aromatic carbocycles. The van der Waals surface area contributed by atoms with Crippen LogP contribution in [0.3, 0.4) is 0 Å². The molecule has 0 aromatic heterocycles. The Hall–Kier alpha value is -2.04. The number of fused-ring (bicyclic) bond motifs is 2. The number of rotatable bonds is 0. The van der Waals surface area contributed by atoms with E-state index in [4.69, 9.17) is 0 Å². The van der Waals surface area contributed by atoms with Crippen molar-refractivity contribution >= 4 is 17.6 Å². The molecular weight excluding hydrogens is 230 g/mol. The minimum Gasteiger partial charge on any atom is -0.384 e. The maximum Gasteiger partial charge on any atom is 0.322 e. The highest BCUT2D eigenvalue weighted by Crippen LogP contribution is 2.39. The molecule has 5 heteroatoms. The summed E-state index contributed by atoms with van der Waals surface area (Å²) in [7, 11) is 0. The van der Waals surface area contributed by atoms with Crippen LogP contribution >= 0.6 is 0 Å². The van der Waals surface area contributed by atoms with Crippen molar-refractivity contribution in [2.45, 2.75) is 25.8 Å². The highest BCUT2D eigenvalue weighted by molar-refractivity contribution is 6.08. The number of amides is 3. The number of carbonyl (C=O) groups excluding carboxylic acids is 2. The molecule has 3 amide bonds. The van der Waals surface area contributed by atoms with Gasteiger partial charge in [-0.25, -0.2) is 4.79 Å². The fourth-order valence-corrected chi connectivity index (χ4v) is 2.77. The third kappa shape index (κ3) is 1.27. The van der Waals surface area contributed by atoms with E-state index in [0.29, 0.717) is 13.0 Å². The zero-order valence-corrected chi connectivity index (χ0v) is 10.4. The van der Waals surface area contributed by atoms with Crippen molar-refractivity contribution in [1.29, 1.82) is 0 Å². The van der Waals surface area contributed by atoms with Gasteiger partial charge in [-0.1, -0.05) is 12.1 Å². The van der Waals surface area contributed by atoms with E-state index in [1.165, 1.54) is 5.56 Å². The third-order valence-corrected chi connectivity index (χ3v) is 3.94. The highest BCUT2D eigenvalue weighted by Gasteiger charge is 2.50. The normalized spacial score (nSPS) is 25.4. The lowest BCUT2D eigenvalue weighted by Gasteiger charge is -2.34. The average molecular weight is 245 g/mol. The second-order valence-corrected chi connectivity index (χ2v) is 4.92. The van der Waals surface area contributed by atoms with Crippen molar-refractivity contribution in [2.24, 2.45) is 0 Å². The largest absolute Gasteiger partial charge is 0.384 e. The number of hydrogen-bond donors (Lipinski definition) is 3. The predicted molar refractivity (Wildman–Crippen MR) is 67.4 cm³/mol. The standard InChI is InChI=1S/C13H15N3O2/c1-7-3-4-9-10(8(7)2)14-6-5-13(9)11(17)15-12(18)16-13/h3-4,14H,5-6H2,1-2H3,(H2,15,16,17,18). The van der Waals surface area contributed by atoms with Crippen molar-refractivity contribution in [1.82, 2.24) is 10.6 Å². The minimum atomic E-state index is -0.893. The van der Waals surface area contributed by atoms with Crippen LogP contribution in [0.15, 0.2) is 12.1 Å². The average Bonchev–Trinajstić information content (AvgIpc) is 2.60. The Morgan fingerprint density at radius 3 is 2.67 bits per heavy atom. The maximum atomic E-state index is 12.1. The van der Waals surface area contributed by atoms with Gasteiger partial charge in [-0.3, -0.25) is 10.1 Å². The molecule has 0 aliphatic carbocycles. The first kappa shape index (κ1) is 11.1. The number of anilines is 1. The summed E-state index contributed by atoms with van der Waals surface area (Å²) in [5.74, 6) is -0.251. The molecule has 94 valence electrons. The van der Waals surface area contributed by atoms with E-state index in [0.717, 1.165) is 16.8 Å². The Labute approximate surface area is 105 Å². The first-order chi connectivity index (χ1) is 8.54. The van der Waals surface area contributed by atoms with Crippen molar-refractivity contribution in [3.05, 3.63) is 28.8 Å².